The Morgan fingerprint density at radius 1 is 1.24 bits per heavy atom. The van der Waals surface area contributed by atoms with Crippen molar-refractivity contribution in [2.45, 2.75) is 77.5 Å². The van der Waals surface area contributed by atoms with Gasteiger partial charge in [-0.2, -0.15) is 0 Å². The Morgan fingerprint density at radius 3 is 2.14 bits per heavy atom. The minimum Gasteiger partial charge on any atom is -0.481 e. The maximum atomic E-state index is 12.3. The number of hydrogen-bond donors (Lipinski definition) is 1. The van der Waals surface area contributed by atoms with Gasteiger partial charge in [-0.05, 0) is 58.8 Å². The van der Waals surface area contributed by atoms with Gasteiger partial charge in [0.2, 0.25) is 0 Å². The zero-order chi connectivity index (χ0) is 15.8. The summed E-state index contributed by atoms with van der Waals surface area (Å²) in [5.74, 6) is -0.801. The molecule has 0 radical (unpaired) electrons. The molecule has 2 unspecified atom stereocenters. The van der Waals surface area contributed by atoms with Gasteiger partial charge in [0.1, 0.15) is 5.60 Å². The molecule has 0 spiro atoms. The Kier molecular flexibility index (Phi) is 4.49. The molecule has 2 fully saturated rings. The number of carboxylic acid groups (broad SMARTS) is 1. The van der Waals surface area contributed by atoms with Crippen molar-refractivity contribution in [3.8, 4) is 0 Å². The van der Waals surface area contributed by atoms with Crippen LogP contribution in [0.25, 0.3) is 0 Å². The van der Waals surface area contributed by atoms with Crippen LogP contribution < -0.4 is 0 Å². The molecule has 2 saturated heterocycles. The largest absolute Gasteiger partial charge is 0.481 e. The van der Waals surface area contributed by atoms with Crippen LogP contribution in [0.15, 0.2) is 0 Å². The fraction of sp³-hybridized carbons (Fsp3) is 0.875. The number of ether oxygens (including phenoxy) is 1. The molecule has 4 atom stereocenters. The summed E-state index contributed by atoms with van der Waals surface area (Å²) in [7, 11) is 0. The molecule has 21 heavy (non-hydrogen) atoms. The Hall–Kier alpha value is -1.26. The SMILES string of the molecule is CCC(C(=O)O)C1C[C@H]2CC[C@@H](C1)N2C(=O)OC(C)(C)C. The second-order valence-corrected chi connectivity index (χ2v) is 7.36. The Bertz CT molecular complexity index is 401. The zero-order valence-electron chi connectivity index (χ0n) is 13.5. The van der Waals surface area contributed by atoms with Crippen molar-refractivity contribution in [1.29, 1.82) is 0 Å². The van der Waals surface area contributed by atoms with E-state index in [1.165, 1.54) is 0 Å². The molecule has 2 heterocycles. The van der Waals surface area contributed by atoms with Gasteiger partial charge in [0.25, 0.3) is 0 Å². The molecule has 2 rings (SSSR count). The van der Waals surface area contributed by atoms with Gasteiger partial charge in [0.15, 0.2) is 0 Å². The molecular weight excluding hydrogens is 270 g/mol. The number of nitrogens with zero attached hydrogens (tertiary/aromatic N) is 1. The van der Waals surface area contributed by atoms with Gasteiger partial charge in [-0.15, -0.1) is 0 Å². The van der Waals surface area contributed by atoms with Crippen LogP contribution in [-0.4, -0.2) is 39.8 Å². The quantitative estimate of drug-likeness (QED) is 0.868. The minimum absolute atomic E-state index is 0.150. The number of rotatable bonds is 3. The molecule has 2 aliphatic rings. The van der Waals surface area contributed by atoms with Crippen molar-refractivity contribution < 1.29 is 19.4 Å². The van der Waals surface area contributed by atoms with Gasteiger partial charge in [0, 0.05) is 12.1 Å². The Morgan fingerprint density at radius 2 is 1.76 bits per heavy atom. The number of amides is 1. The molecule has 0 aromatic carbocycles. The average Bonchev–Trinajstić information content (AvgIpc) is 2.59. The van der Waals surface area contributed by atoms with Crippen molar-refractivity contribution in [2.75, 3.05) is 0 Å². The third-order valence-corrected chi connectivity index (χ3v) is 4.70. The van der Waals surface area contributed by atoms with Crippen LogP contribution in [0, 0.1) is 11.8 Å². The maximum absolute atomic E-state index is 12.3. The summed E-state index contributed by atoms with van der Waals surface area (Å²) in [5, 5.41) is 9.34. The summed E-state index contributed by atoms with van der Waals surface area (Å²) in [4.78, 5) is 25.6. The van der Waals surface area contributed by atoms with Crippen LogP contribution in [0.4, 0.5) is 4.79 Å². The van der Waals surface area contributed by atoms with Gasteiger partial charge in [-0.1, -0.05) is 6.92 Å². The third-order valence-electron chi connectivity index (χ3n) is 4.70. The molecule has 0 aromatic rings. The molecule has 1 amide bonds. The van der Waals surface area contributed by atoms with Crippen molar-refractivity contribution >= 4 is 12.1 Å². The van der Waals surface area contributed by atoms with Gasteiger partial charge in [0.05, 0.1) is 5.92 Å². The highest BCUT2D eigenvalue weighted by Crippen LogP contribution is 2.42. The first kappa shape index (κ1) is 16.1. The molecule has 5 heteroatoms. The smallest absolute Gasteiger partial charge is 0.410 e. The monoisotopic (exact) mass is 297 g/mol. The number of carboxylic acids is 1. The number of carbonyl (C=O) groups excluding carboxylic acids is 1. The first-order chi connectivity index (χ1) is 9.73. The van der Waals surface area contributed by atoms with E-state index in [-0.39, 0.29) is 30.0 Å². The second-order valence-electron chi connectivity index (χ2n) is 7.36. The summed E-state index contributed by atoms with van der Waals surface area (Å²) in [6.07, 6.45) is 3.94. The van der Waals surface area contributed by atoms with Crippen LogP contribution in [0.5, 0.6) is 0 Å². The predicted molar refractivity (Wildman–Crippen MR) is 79.0 cm³/mol. The first-order valence-corrected chi connectivity index (χ1v) is 7.97. The normalized spacial score (nSPS) is 30.1. The maximum Gasteiger partial charge on any atom is 0.410 e. The Labute approximate surface area is 126 Å². The van der Waals surface area contributed by atoms with Crippen molar-refractivity contribution in [3.63, 3.8) is 0 Å². The number of aliphatic carboxylic acids is 1. The minimum atomic E-state index is -0.701. The summed E-state index contributed by atoms with van der Waals surface area (Å²) in [5.41, 5.74) is -0.486. The second kappa shape index (κ2) is 5.85. The molecule has 5 nitrogen and oxygen atoms in total. The van der Waals surface area contributed by atoms with Crippen LogP contribution in [0.3, 0.4) is 0 Å². The summed E-state index contributed by atoms with van der Waals surface area (Å²) in [6.45, 7) is 7.55. The van der Waals surface area contributed by atoms with Crippen LogP contribution >= 0.6 is 0 Å². The fourth-order valence-electron chi connectivity index (χ4n) is 3.87. The van der Waals surface area contributed by atoms with Gasteiger partial charge >= 0.3 is 12.1 Å². The van der Waals surface area contributed by atoms with E-state index in [2.05, 4.69) is 0 Å². The molecule has 1 N–H and O–H groups in total. The molecule has 2 bridgehead atoms. The molecule has 0 saturated carbocycles. The van der Waals surface area contributed by atoms with E-state index >= 15 is 0 Å². The van der Waals surface area contributed by atoms with Crippen molar-refractivity contribution in [2.24, 2.45) is 11.8 Å². The molecule has 0 aromatic heterocycles. The lowest BCUT2D eigenvalue weighted by Gasteiger charge is -2.41. The standard InChI is InChI=1S/C16H27NO4/c1-5-13(14(18)19)10-8-11-6-7-12(9-10)17(11)15(20)21-16(2,3)4/h10-13H,5-9H2,1-4H3,(H,18,19)/t10?,11-,12+,13?. The zero-order valence-corrected chi connectivity index (χ0v) is 13.5. The highest BCUT2D eigenvalue weighted by molar-refractivity contribution is 5.71. The number of piperidine rings is 1. The van der Waals surface area contributed by atoms with E-state index in [9.17, 15) is 14.7 Å². The summed E-state index contributed by atoms with van der Waals surface area (Å²) >= 11 is 0. The lowest BCUT2D eigenvalue weighted by molar-refractivity contribution is -0.144. The summed E-state index contributed by atoms with van der Waals surface area (Å²) in [6, 6.07) is 0.300. The predicted octanol–water partition coefficient (Wildman–Crippen LogP) is 3.28. The first-order valence-electron chi connectivity index (χ1n) is 7.97. The molecule has 2 aliphatic heterocycles. The third kappa shape index (κ3) is 3.50. The van der Waals surface area contributed by atoms with Crippen molar-refractivity contribution in [1.82, 2.24) is 4.90 Å². The van der Waals surface area contributed by atoms with E-state index in [1.807, 2.05) is 32.6 Å². The van der Waals surface area contributed by atoms with E-state index in [1.54, 1.807) is 0 Å². The van der Waals surface area contributed by atoms with E-state index in [0.717, 1.165) is 25.7 Å². The van der Waals surface area contributed by atoms with Crippen LogP contribution in [0.1, 0.15) is 59.8 Å². The topological polar surface area (TPSA) is 66.8 Å². The van der Waals surface area contributed by atoms with Gasteiger partial charge < -0.3 is 14.7 Å². The molecule has 0 aliphatic carbocycles. The number of hydrogen-bond acceptors (Lipinski definition) is 3. The van der Waals surface area contributed by atoms with Gasteiger partial charge in [-0.25, -0.2) is 4.79 Å². The average molecular weight is 297 g/mol. The highest BCUT2D eigenvalue weighted by atomic mass is 16.6. The number of fused-ring (bicyclic) bond motifs is 2. The lowest BCUT2D eigenvalue weighted by atomic mass is 9.79. The van der Waals surface area contributed by atoms with Crippen LogP contribution in [0.2, 0.25) is 0 Å². The van der Waals surface area contributed by atoms with Crippen molar-refractivity contribution in [3.05, 3.63) is 0 Å². The number of carbonyl (C=O) groups is 2. The molecular formula is C16H27NO4. The van der Waals surface area contributed by atoms with Gasteiger partial charge in [-0.3, -0.25) is 4.79 Å². The van der Waals surface area contributed by atoms with E-state index in [4.69, 9.17) is 4.74 Å². The van der Waals surface area contributed by atoms with E-state index < -0.39 is 11.6 Å². The molecule has 120 valence electrons. The highest BCUT2D eigenvalue weighted by Gasteiger charge is 2.47. The fourth-order valence-corrected chi connectivity index (χ4v) is 3.87. The Balaban J connectivity index is 2.05. The summed E-state index contributed by atoms with van der Waals surface area (Å²) < 4.78 is 5.50. The van der Waals surface area contributed by atoms with Crippen LogP contribution in [-0.2, 0) is 9.53 Å². The lowest BCUT2D eigenvalue weighted by Crippen LogP contribution is -2.50. The van der Waals surface area contributed by atoms with E-state index in [0.29, 0.717) is 6.42 Å².